The maximum absolute atomic E-state index is 5.62. The molecule has 0 amide bonds. The van der Waals surface area contributed by atoms with Gasteiger partial charge in [0, 0.05) is 19.0 Å². The van der Waals surface area contributed by atoms with Crippen LogP contribution in [0.5, 0.6) is 0 Å². The number of rotatable bonds is 3. The Bertz CT molecular complexity index is 492. The highest BCUT2D eigenvalue weighted by atomic mass is 32.2. The molecule has 84 valence electrons. The van der Waals surface area contributed by atoms with E-state index in [-0.39, 0.29) is 0 Å². The molecule has 16 heavy (non-hydrogen) atoms. The topological polar surface area (TPSA) is 56.7 Å². The molecule has 2 aromatic heterocycles. The molecular formula is C11H14N4S. The van der Waals surface area contributed by atoms with E-state index in [9.17, 15) is 0 Å². The van der Waals surface area contributed by atoms with E-state index in [0.717, 1.165) is 16.5 Å². The number of anilines is 1. The molecule has 0 radical (unpaired) electrons. The molecule has 0 atom stereocenters. The summed E-state index contributed by atoms with van der Waals surface area (Å²) in [6.45, 7) is 1.99. The van der Waals surface area contributed by atoms with Crippen molar-refractivity contribution in [2.45, 2.75) is 17.7 Å². The molecule has 0 fully saturated rings. The average molecular weight is 234 g/mol. The SMILES string of the molecule is Cc1cc(SCc2ccnc(N)c2)n(C)n1. The van der Waals surface area contributed by atoms with E-state index in [2.05, 4.69) is 16.1 Å². The van der Waals surface area contributed by atoms with E-state index in [4.69, 9.17) is 5.73 Å². The van der Waals surface area contributed by atoms with Crippen molar-refractivity contribution in [2.75, 3.05) is 5.73 Å². The lowest BCUT2D eigenvalue weighted by Crippen LogP contribution is -1.94. The summed E-state index contributed by atoms with van der Waals surface area (Å²) in [6.07, 6.45) is 1.74. The zero-order chi connectivity index (χ0) is 11.5. The van der Waals surface area contributed by atoms with Crippen molar-refractivity contribution < 1.29 is 0 Å². The summed E-state index contributed by atoms with van der Waals surface area (Å²) < 4.78 is 1.89. The summed E-state index contributed by atoms with van der Waals surface area (Å²) >= 11 is 1.75. The van der Waals surface area contributed by atoms with Crippen LogP contribution in [0.25, 0.3) is 0 Å². The molecule has 2 aromatic rings. The van der Waals surface area contributed by atoms with E-state index in [1.807, 2.05) is 30.8 Å². The van der Waals surface area contributed by atoms with Crippen LogP contribution in [0.15, 0.2) is 29.4 Å². The van der Waals surface area contributed by atoms with Gasteiger partial charge in [0.15, 0.2) is 0 Å². The van der Waals surface area contributed by atoms with Gasteiger partial charge in [0.25, 0.3) is 0 Å². The van der Waals surface area contributed by atoms with Gasteiger partial charge in [-0.1, -0.05) is 0 Å². The quantitative estimate of drug-likeness (QED) is 0.825. The molecule has 0 saturated carbocycles. The van der Waals surface area contributed by atoms with Crippen LogP contribution in [-0.2, 0) is 12.8 Å². The first kappa shape index (κ1) is 11.0. The number of pyridine rings is 1. The predicted octanol–water partition coefficient (Wildman–Crippen LogP) is 2.00. The normalized spacial score (nSPS) is 10.6. The van der Waals surface area contributed by atoms with E-state index in [1.165, 1.54) is 5.56 Å². The van der Waals surface area contributed by atoms with Crippen molar-refractivity contribution in [3.8, 4) is 0 Å². The second-order valence-electron chi connectivity index (χ2n) is 3.63. The zero-order valence-electron chi connectivity index (χ0n) is 9.34. The van der Waals surface area contributed by atoms with E-state index >= 15 is 0 Å². The van der Waals surface area contributed by atoms with Crippen LogP contribution >= 0.6 is 11.8 Å². The highest BCUT2D eigenvalue weighted by Crippen LogP contribution is 2.23. The Morgan fingerprint density at radius 1 is 1.44 bits per heavy atom. The third kappa shape index (κ3) is 2.55. The molecular weight excluding hydrogens is 220 g/mol. The minimum atomic E-state index is 0.569. The molecule has 0 aliphatic rings. The molecule has 0 unspecified atom stereocenters. The van der Waals surface area contributed by atoms with Crippen LogP contribution in [0.2, 0.25) is 0 Å². The van der Waals surface area contributed by atoms with Crippen LogP contribution < -0.4 is 5.73 Å². The summed E-state index contributed by atoms with van der Waals surface area (Å²) in [4.78, 5) is 3.97. The highest BCUT2D eigenvalue weighted by molar-refractivity contribution is 7.98. The Kier molecular flexibility index (Phi) is 3.14. The maximum Gasteiger partial charge on any atom is 0.123 e. The molecule has 5 heteroatoms. The van der Waals surface area contributed by atoms with Gasteiger partial charge in [0.05, 0.1) is 10.7 Å². The van der Waals surface area contributed by atoms with Gasteiger partial charge >= 0.3 is 0 Å². The van der Waals surface area contributed by atoms with Crippen molar-refractivity contribution in [2.24, 2.45) is 7.05 Å². The monoisotopic (exact) mass is 234 g/mol. The second kappa shape index (κ2) is 4.57. The number of aryl methyl sites for hydroxylation is 2. The molecule has 0 aliphatic heterocycles. The molecule has 0 aliphatic carbocycles. The van der Waals surface area contributed by atoms with Crippen molar-refractivity contribution in [3.63, 3.8) is 0 Å². The largest absolute Gasteiger partial charge is 0.384 e. The van der Waals surface area contributed by atoms with Gasteiger partial charge in [0.1, 0.15) is 5.82 Å². The summed E-state index contributed by atoms with van der Waals surface area (Å²) in [6, 6.07) is 5.96. The Morgan fingerprint density at radius 3 is 2.88 bits per heavy atom. The molecule has 0 saturated heterocycles. The van der Waals surface area contributed by atoms with Crippen LogP contribution in [0.3, 0.4) is 0 Å². The van der Waals surface area contributed by atoms with Gasteiger partial charge in [0.2, 0.25) is 0 Å². The lowest BCUT2D eigenvalue weighted by atomic mass is 10.3. The Labute approximate surface area is 98.9 Å². The van der Waals surface area contributed by atoms with Crippen molar-refractivity contribution in [1.82, 2.24) is 14.8 Å². The van der Waals surface area contributed by atoms with Crippen LogP contribution in [-0.4, -0.2) is 14.8 Å². The molecule has 0 aromatic carbocycles. The zero-order valence-corrected chi connectivity index (χ0v) is 10.2. The van der Waals surface area contributed by atoms with Crippen molar-refractivity contribution in [1.29, 1.82) is 0 Å². The number of aromatic nitrogens is 3. The number of hydrogen-bond acceptors (Lipinski definition) is 4. The first-order valence-corrected chi connectivity index (χ1v) is 5.97. The van der Waals surface area contributed by atoms with E-state index < -0.39 is 0 Å². The van der Waals surface area contributed by atoms with Crippen molar-refractivity contribution >= 4 is 17.6 Å². The summed E-state index contributed by atoms with van der Waals surface area (Å²) in [7, 11) is 1.95. The van der Waals surface area contributed by atoms with Gasteiger partial charge in [-0.15, -0.1) is 11.8 Å². The van der Waals surface area contributed by atoms with E-state index in [0.29, 0.717) is 5.82 Å². The standard InChI is InChI=1S/C11H14N4S/c1-8-5-11(15(2)14-8)16-7-9-3-4-13-10(12)6-9/h3-6H,7H2,1-2H3,(H2,12,13). The number of nitrogens with zero attached hydrogens (tertiary/aromatic N) is 3. The Hall–Kier alpha value is -1.49. The van der Waals surface area contributed by atoms with Gasteiger partial charge < -0.3 is 5.73 Å². The van der Waals surface area contributed by atoms with Crippen LogP contribution in [0.1, 0.15) is 11.3 Å². The predicted molar refractivity (Wildman–Crippen MR) is 66.2 cm³/mol. The van der Waals surface area contributed by atoms with Crippen LogP contribution in [0, 0.1) is 6.92 Å². The molecule has 2 heterocycles. The fraction of sp³-hybridized carbons (Fsp3) is 0.273. The first-order valence-electron chi connectivity index (χ1n) is 4.99. The highest BCUT2D eigenvalue weighted by Gasteiger charge is 2.03. The second-order valence-corrected chi connectivity index (χ2v) is 4.62. The smallest absolute Gasteiger partial charge is 0.123 e. The molecule has 0 bridgehead atoms. The number of nitrogen functional groups attached to an aromatic ring is 1. The summed E-state index contributed by atoms with van der Waals surface area (Å²) in [5.41, 5.74) is 7.84. The number of hydrogen-bond donors (Lipinski definition) is 1. The molecule has 2 rings (SSSR count). The molecule has 0 spiro atoms. The first-order chi connectivity index (χ1) is 7.65. The Morgan fingerprint density at radius 2 is 2.25 bits per heavy atom. The van der Waals surface area contributed by atoms with E-state index in [1.54, 1.807) is 18.0 Å². The van der Waals surface area contributed by atoms with Crippen molar-refractivity contribution in [3.05, 3.63) is 35.7 Å². The third-order valence-corrected chi connectivity index (χ3v) is 3.35. The average Bonchev–Trinajstić information content (AvgIpc) is 2.54. The minimum absolute atomic E-state index is 0.569. The van der Waals surface area contributed by atoms with Gasteiger partial charge in [-0.05, 0) is 30.7 Å². The fourth-order valence-corrected chi connectivity index (χ4v) is 2.44. The maximum atomic E-state index is 5.62. The summed E-state index contributed by atoms with van der Waals surface area (Å²) in [5.74, 6) is 1.45. The molecule has 4 nitrogen and oxygen atoms in total. The Balaban J connectivity index is 2.05. The van der Waals surface area contributed by atoms with Crippen LogP contribution in [0.4, 0.5) is 5.82 Å². The minimum Gasteiger partial charge on any atom is -0.384 e. The lowest BCUT2D eigenvalue weighted by molar-refractivity contribution is 0.692. The van der Waals surface area contributed by atoms with Gasteiger partial charge in [-0.2, -0.15) is 5.10 Å². The molecule has 2 N–H and O–H groups in total. The lowest BCUT2D eigenvalue weighted by Gasteiger charge is -2.02. The number of thioether (sulfide) groups is 1. The van der Waals surface area contributed by atoms with Gasteiger partial charge in [-0.3, -0.25) is 4.68 Å². The third-order valence-electron chi connectivity index (χ3n) is 2.19. The summed E-state index contributed by atoms with van der Waals surface area (Å²) in [5, 5.41) is 5.46. The number of nitrogens with two attached hydrogens (primary N) is 1. The fourth-order valence-electron chi connectivity index (χ4n) is 1.46. The van der Waals surface area contributed by atoms with Gasteiger partial charge in [-0.25, -0.2) is 4.98 Å².